The van der Waals surface area contributed by atoms with Crippen molar-refractivity contribution in [2.24, 2.45) is 0 Å². The van der Waals surface area contributed by atoms with Crippen LogP contribution in [0.15, 0.2) is 36.5 Å². The van der Waals surface area contributed by atoms with Crippen LogP contribution in [0.2, 0.25) is 0 Å². The standard InChI is InChI=1S/C22H27N5O6/c1-22(2,3)33-20(30)23-9-10-25-11-15-16-12-26(18(19(28)29)17(15)24-25)21(31)27(16)32-13-14-7-5-4-6-8-14/h4-8,11,16,18H,9-10,12-13H2,1-3H3,(H,23,30)(H,28,29). The number of carboxylic acids is 1. The van der Waals surface area contributed by atoms with Crippen molar-refractivity contribution in [3.8, 4) is 0 Å². The zero-order valence-corrected chi connectivity index (χ0v) is 18.7. The molecule has 3 amide bonds. The Kier molecular flexibility index (Phi) is 5.98. The van der Waals surface area contributed by atoms with E-state index in [0.717, 1.165) is 5.56 Å². The van der Waals surface area contributed by atoms with Gasteiger partial charge in [0.15, 0.2) is 6.04 Å². The summed E-state index contributed by atoms with van der Waals surface area (Å²) < 4.78 is 6.78. The molecule has 11 heteroatoms. The van der Waals surface area contributed by atoms with Crippen molar-refractivity contribution in [1.82, 2.24) is 25.1 Å². The lowest BCUT2D eigenvalue weighted by atomic mass is 9.98. The van der Waals surface area contributed by atoms with Crippen molar-refractivity contribution in [3.63, 3.8) is 0 Å². The van der Waals surface area contributed by atoms with Gasteiger partial charge in [-0.1, -0.05) is 30.3 Å². The van der Waals surface area contributed by atoms with Crippen LogP contribution in [0.5, 0.6) is 0 Å². The number of fused-ring (bicyclic) bond motifs is 4. The molecule has 0 spiro atoms. The van der Waals surface area contributed by atoms with Gasteiger partial charge in [0, 0.05) is 18.3 Å². The number of hydrogen-bond acceptors (Lipinski definition) is 6. The zero-order valence-electron chi connectivity index (χ0n) is 18.7. The highest BCUT2D eigenvalue weighted by Crippen LogP contribution is 2.43. The van der Waals surface area contributed by atoms with Crippen LogP contribution in [-0.2, 0) is 27.5 Å². The number of benzene rings is 1. The number of carbonyl (C=O) groups excluding carboxylic acids is 2. The molecule has 0 radical (unpaired) electrons. The second-order valence-corrected chi connectivity index (χ2v) is 8.94. The van der Waals surface area contributed by atoms with Gasteiger partial charge >= 0.3 is 18.1 Å². The van der Waals surface area contributed by atoms with E-state index < -0.39 is 35.8 Å². The quantitative estimate of drug-likeness (QED) is 0.654. The van der Waals surface area contributed by atoms with E-state index in [0.29, 0.717) is 17.8 Å². The summed E-state index contributed by atoms with van der Waals surface area (Å²) in [6, 6.07) is 7.23. The predicted octanol–water partition coefficient (Wildman–Crippen LogP) is 2.46. The number of hydroxylamine groups is 2. The predicted molar refractivity (Wildman–Crippen MR) is 115 cm³/mol. The second-order valence-electron chi connectivity index (χ2n) is 8.94. The number of carbonyl (C=O) groups is 3. The molecule has 3 heterocycles. The number of aromatic nitrogens is 2. The molecule has 2 bridgehead atoms. The van der Waals surface area contributed by atoms with Crippen molar-refractivity contribution >= 4 is 18.1 Å². The van der Waals surface area contributed by atoms with Gasteiger partial charge in [-0.3, -0.25) is 9.52 Å². The van der Waals surface area contributed by atoms with Crippen LogP contribution in [-0.4, -0.2) is 61.6 Å². The van der Waals surface area contributed by atoms with Crippen LogP contribution >= 0.6 is 0 Å². The number of alkyl carbamates (subject to hydrolysis) is 1. The molecule has 2 aliphatic rings. The fourth-order valence-corrected chi connectivity index (χ4v) is 3.92. The van der Waals surface area contributed by atoms with E-state index in [2.05, 4.69) is 10.4 Å². The molecule has 2 aromatic rings. The largest absolute Gasteiger partial charge is 0.479 e. The molecule has 1 aromatic carbocycles. The van der Waals surface area contributed by atoms with Gasteiger partial charge in [0.1, 0.15) is 23.9 Å². The first kappa shape index (κ1) is 22.6. The SMILES string of the molecule is CC(C)(C)OC(=O)NCCn1cc2c(n1)C(C(=O)O)N1CC2N(OCc2ccccc2)C1=O. The highest BCUT2D eigenvalue weighted by Gasteiger charge is 2.52. The first-order valence-electron chi connectivity index (χ1n) is 10.7. The van der Waals surface area contributed by atoms with E-state index in [1.165, 1.54) is 9.96 Å². The van der Waals surface area contributed by atoms with Gasteiger partial charge in [0.2, 0.25) is 0 Å². The number of hydrogen-bond donors (Lipinski definition) is 2. The molecule has 176 valence electrons. The van der Waals surface area contributed by atoms with E-state index >= 15 is 0 Å². The lowest BCUT2D eigenvalue weighted by Crippen LogP contribution is -2.38. The van der Waals surface area contributed by atoms with E-state index in [1.807, 2.05) is 30.3 Å². The van der Waals surface area contributed by atoms with Crippen LogP contribution in [0.3, 0.4) is 0 Å². The molecule has 2 N–H and O–H groups in total. The van der Waals surface area contributed by atoms with Crippen LogP contribution in [0.4, 0.5) is 9.59 Å². The number of urea groups is 1. The Bertz CT molecular complexity index is 1050. The van der Waals surface area contributed by atoms with Gasteiger partial charge in [-0.25, -0.2) is 14.4 Å². The van der Waals surface area contributed by atoms with Crippen LogP contribution in [0.25, 0.3) is 0 Å². The molecular weight excluding hydrogens is 430 g/mol. The number of carboxylic acid groups (broad SMARTS) is 1. The summed E-state index contributed by atoms with van der Waals surface area (Å²) in [4.78, 5) is 43.8. The monoisotopic (exact) mass is 457 g/mol. The number of nitrogens with zero attached hydrogens (tertiary/aromatic N) is 4. The molecule has 33 heavy (non-hydrogen) atoms. The number of aliphatic carboxylic acids is 1. The van der Waals surface area contributed by atoms with Crippen molar-refractivity contribution in [3.05, 3.63) is 53.3 Å². The molecule has 1 saturated heterocycles. The summed E-state index contributed by atoms with van der Waals surface area (Å²) in [5.74, 6) is -1.16. The Hall–Kier alpha value is -3.60. The van der Waals surface area contributed by atoms with Gasteiger partial charge in [0.25, 0.3) is 0 Å². The first-order valence-corrected chi connectivity index (χ1v) is 10.7. The lowest BCUT2D eigenvalue weighted by molar-refractivity contribution is -0.143. The maximum absolute atomic E-state index is 12.9. The van der Waals surface area contributed by atoms with Crippen molar-refractivity contribution < 1.29 is 29.1 Å². The zero-order chi connectivity index (χ0) is 23.8. The fourth-order valence-electron chi connectivity index (χ4n) is 3.92. The third-order valence-corrected chi connectivity index (χ3v) is 5.29. The molecule has 2 aliphatic heterocycles. The van der Waals surface area contributed by atoms with Crippen LogP contribution in [0, 0.1) is 0 Å². The van der Waals surface area contributed by atoms with Gasteiger partial charge in [0.05, 0.1) is 13.1 Å². The molecule has 1 aromatic heterocycles. The third kappa shape index (κ3) is 4.77. The summed E-state index contributed by atoms with van der Waals surface area (Å²) >= 11 is 0. The summed E-state index contributed by atoms with van der Waals surface area (Å²) in [5.41, 5.74) is 1.21. The fraction of sp³-hybridized carbons (Fsp3) is 0.455. The minimum Gasteiger partial charge on any atom is -0.479 e. The Morgan fingerprint density at radius 2 is 1.97 bits per heavy atom. The number of amides is 3. The maximum atomic E-state index is 12.9. The molecule has 1 fully saturated rings. The topological polar surface area (TPSA) is 126 Å². The average Bonchev–Trinajstić information content (AvgIpc) is 3.27. The second kappa shape index (κ2) is 8.74. The highest BCUT2D eigenvalue weighted by molar-refractivity contribution is 5.86. The number of ether oxygens (including phenoxy) is 1. The normalized spacial score (nSPS) is 19.4. The maximum Gasteiger partial charge on any atom is 0.407 e. The summed E-state index contributed by atoms with van der Waals surface area (Å²) in [6.07, 6.45) is 1.17. The Balaban J connectivity index is 1.49. The molecular formula is C22H27N5O6. The van der Waals surface area contributed by atoms with E-state index in [-0.39, 0.29) is 19.7 Å². The van der Waals surface area contributed by atoms with Gasteiger partial charge in [-0.2, -0.15) is 10.2 Å². The van der Waals surface area contributed by atoms with Gasteiger partial charge in [-0.15, -0.1) is 0 Å². The number of nitrogens with one attached hydrogen (secondary N) is 1. The van der Waals surface area contributed by atoms with Crippen molar-refractivity contribution in [2.75, 3.05) is 13.1 Å². The van der Waals surface area contributed by atoms with E-state index in [1.54, 1.807) is 31.6 Å². The Morgan fingerprint density at radius 3 is 2.64 bits per heavy atom. The first-order chi connectivity index (χ1) is 15.6. The Morgan fingerprint density at radius 1 is 1.24 bits per heavy atom. The van der Waals surface area contributed by atoms with Crippen molar-refractivity contribution in [1.29, 1.82) is 0 Å². The molecule has 4 rings (SSSR count). The molecule has 0 saturated carbocycles. The highest BCUT2D eigenvalue weighted by atomic mass is 16.7. The summed E-state index contributed by atoms with van der Waals surface area (Å²) in [7, 11) is 0. The summed E-state index contributed by atoms with van der Waals surface area (Å²) in [5, 5.41) is 18.1. The smallest absolute Gasteiger partial charge is 0.407 e. The van der Waals surface area contributed by atoms with Crippen LogP contribution < -0.4 is 5.32 Å². The van der Waals surface area contributed by atoms with Gasteiger partial charge < -0.3 is 20.1 Å². The molecule has 11 nitrogen and oxygen atoms in total. The minimum atomic E-state index is -1.20. The Labute approximate surface area is 190 Å². The average molecular weight is 457 g/mol. The number of rotatable bonds is 7. The van der Waals surface area contributed by atoms with Crippen molar-refractivity contribution in [2.45, 2.75) is 51.6 Å². The lowest BCUT2D eigenvalue weighted by Gasteiger charge is -2.26. The van der Waals surface area contributed by atoms with Crippen LogP contribution in [0.1, 0.15) is 49.7 Å². The van der Waals surface area contributed by atoms with Gasteiger partial charge in [-0.05, 0) is 26.3 Å². The third-order valence-electron chi connectivity index (χ3n) is 5.29. The van der Waals surface area contributed by atoms with E-state index in [4.69, 9.17) is 9.57 Å². The minimum absolute atomic E-state index is 0.179. The van der Waals surface area contributed by atoms with E-state index in [9.17, 15) is 19.5 Å². The molecule has 0 aliphatic carbocycles. The summed E-state index contributed by atoms with van der Waals surface area (Å²) in [6.45, 7) is 6.25. The molecule has 2 atom stereocenters. The molecule has 2 unspecified atom stereocenters.